The van der Waals surface area contributed by atoms with E-state index in [1.54, 1.807) is 0 Å². The lowest BCUT2D eigenvalue weighted by Crippen LogP contribution is -2.30. The molecule has 0 bridgehead atoms. The van der Waals surface area contributed by atoms with Gasteiger partial charge in [0.05, 0.1) is 0 Å². The molecule has 12 heavy (non-hydrogen) atoms. The van der Waals surface area contributed by atoms with Crippen molar-refractivity contribution in [1.29, 1.82) is 0 Å². The lowest BCUT2D eigenvalue weighted by Gasteiger charge is -2.20. The molecule has 2 nitrogen and oxygen atoms in total. The lowest BCUT2D eigenvalue weighted by atomic mass is 10.1. The van der Waals surface area contributed by atoms with Crippen LogP contribution in [0.15, 0.2) is 12.2 Å². The average Bonchev–Trinajstić information content (AvgIpc) is 2.05. The SMILES string of the molecule is C=C(C)C(N)CCN(CC)CC. The lowest BCUT2D eigenvalue weighted by molar-refractivity contribution is 0.294. The summed E-state index contributed by atoms with van der Waals surface area (Å²) in [6.07, 6.45) is 1.02. The summed E-state index contributed by atoms with van der Waals surface area (Å²) in [6, 6.07) is 0.172. The van der Waals surface area contributed by atoms with Crippen LogP contribution in [0.5, 0.6) is 0 Å². The topological polar surface area (TPSA) is 29.3 Å². The minimum Gasteiger partial charge on any atom is -0.324 e. The van der Waals surface area contributed by atoms with Gasteiger partial charge in [-0.2, -0.15) is 0 Å². The second-order valence-electron chi connectivity index (χ2n) is 3.27. The molecule has 0 aromatic heterocycles. The standard InChI is InChI=1S/C10H22N2/c1-5-12(6-2)8-7-10(11)9(3)4/h10H,3,5-8,11H2,1-2,4H3. The molecule has 2 heteroatoms. The van der Waals surface area contributed by atoms with Crippen LogP contribution in [0.1, 0.15) is 27.2 Å². The van der Waals surface area contributed by atoms with Gasteiger partial charge in [-0.3, -0.25) is 0 Å². The first-order valence-corrected chi connectivity index (χ1v) is 4.75. The highest BCUT2D eigenvalue weighted by molar-refractivity contribution is 4.99. The summed E-state index contributed by atoms with van der Waals surface area (Å²) < 4.78 is 0. The monoisotopic (exact) mass is 170 g/mol. The highest BCUT2D eigenvalue weighted by atomic mass is 15.1. The molecule has 0 rings (SSSR count). The van der Waals surface area contributed by atoms with Crippen molar-refractivity contribution in [3.05, 3.63) is 12.2 Å². The van der Waals surface area contributed by atoms with Gasteiger partial charge >= 0.3 is 0 Å². The third-order valence-corrected chi connectivity index (χ3v) is 2.28. The zero-order chi connectivity index (χ0) is 9.56. The fraction of sp³-hybridized carbons (Fsp3) is 0.800. The van der Waals surface area contributed by atoms with Crippen LogP contribution in [0.3, 0.4) is 0 Å². The van der Waals surface area contributed by atoms with Crippen molar-refractivity contribution < 1.29 is 0 Å². The van der Waals surface area contributed by atoms with Gasteiger partial charge in [0.2, 0.25) is 0 Å². The molecule has 0 amide bonds. The quantitative estimate of drug-likeness (QED) is 0.614. The van der Waals surface area contributed by atoms with Gasteiger partial charge in [0, 0.05) is 6.04 Å². The van der Waals surface area contributed by atoms with Crippen LogP contribution in [-0.2, 0) is 0 Å². The fourth-order valence-corrected chi connectivity index (χ4v) is 1.11. The summed E-state index contributed by atoms with van der Waals surface area (Å²) in [5.41, 5.74) is 6.93. The molecule has 0 fully saturated rings. The Kier molecular flexibility index (Phi) is 6.03. The Balaban J connectivity index is 3.58. The van der Waals surface area contributed by atoms with Crippen LogP contribution >= 0.6 is 0 Å². The number of nitrogens with two attached hydrogens (primary N) is 1. The Morgan fingerprint density at radius 2 is 1.92 bits per heavy atom. The van der Waals surface area contributed by atoms with Crippen molar-refractivity contribution in [1.82, 2.24) is 4.90 Å². The summed E-state index contributed by atoms with van der Waals surface area (Å²) in [6.45, 7) is 13.5. The van der Waals surface area contributed by atoms with E-state index in [0.717, 1.165) is 31.6 Å². The van der Waals surface area contributed by atoms with E-state index in [-0.39, 0.29) is 6.04 Å². The molecule has 0 aromatic carbocycles. The molecule has 1 atom stereocenters. The predicted octanol–water partition coefficient (Wildman–Crippen LogP) is 1.62. The highest BCUT2D eigenvalue weighted by Crippen LogP contribution is 2.01. The van der Waals surface area contributed by atoms with Crippen molar-refractivity contribution in [2.24, 2.45) is 5.73 Å². The van der Waals surface area contributed by atoms with Gasteiger partial charge in [-0.25, -0.2) is 0 Å². The van der Waals surface area contributed by atoms with E-state index in [1.807, 2.05) is 6.92 Å². The largest absolute Gasteiger partial charge is 0.324 e. The minimum absolute atomic E-state index is 0.172. The van der Waals surface area contributed by atoms with E-state index in [2.05, 4.69) is 25.3 Å². The van der Waals surface area contributed by atoms with Crippen LogP contribution in [-0.4, -0.2) is 30.6 Å². The number of rotatable bonds is 6. The molecule has 0 heterocycles. The maximum absolute atomic E-state index is 5.85. The predicted molar refractivity (Wildman–Crippen MR) is 55.2 cm³/mol. The van der Waals surface area contributed by atoms with Crippen molar-refractivity contribution in [3.63, 3.8) is 0 Å². The van der Waals surface area contributed by atoms with Crippen LogP contribution in [0.25, 0.3) is 0 Å². The molecular formula is C10H22N2. The van der Waals surface area contributed by atoms with Crippen LogP contribution in [0, 0.1) is 0 Å². The van der Waals surface area contributed by atoms with Crippen LogP contribution in [0.4, 0.5) is 0 Å². The molecule has 1 unspecified atom stereocenters. The second-order valence-corrected chi connectivity index (χ2v) is 3.27. The number of nitrogens with zero attached hydrogens (tertiary/aromatic N) is 1. The third-order valence-electron chi connectivity index (χ3n) is 2.28. The van der Waals surface area contributed by atoms with Crippen molar-refractivity contribution >= 4 is 0 Å². The van der Waals surface area contributed by atoms with E-state index < -0.39 is 0 Å². The Labute approximate surface area is 76.4 Å². The van der Waals surface area contributed by atoms with Crippen molar-refractivity contribution in [2.45, 2.75) is 33.2 Å². The van der Waals surface area contributed by atoms with Gasteiger partial charge in [0.15, 0.2) is 0 Å². The van der Waals surface area contributed by atoms with Gasteiger partial charge in [0.25, 0.3) is 0 Å². The number of hydrogen-bond donors (Lipinski definition) is 1. The first-order chi connectivity index (χ1) is 5.61. The first-order valence-electron chi connectivity index (χ1n) is 4.75. The fourth-order valence-electron chi connectivity index (χ4n) is 1.11. The third kappa shape index (κ3) is 4.52. The molecule has 0 aromatic rings. The molecular weight excluding hydrogens is 148 g/mol. The van der Waals surface area contributed by atoms with E-state index in [9.17, 15) is 0 Å². The van der Waals surface area contributed by atoms with Crippen LogP contribution in [0.2, 0.25) is 0 Å². The van der Waals surface area contributed by atoms with E-state index in [4.69, 9.17) is 5.73 Å². The minimum atomic E-state index is 0.172. The molecule has 0 aliphatic carbocycles. The summed E-state index contributed by atoms with van der Waals surface area (Å²) >= 11 is 0. The van der Waals surface area contributed by atoms with Gasteiger partial charge in [-0.05, 0) is 33.0 Å². The van der Waals surface area contributed by atoms with Gasteiger partial charge in [0.1, 0.15) is 0 Å². The Bertz CT molecular complexity index is 128. The molecule has 0 spiro atoms. The first kappa shape index (κ1) is 11.7. The van der Waals surface area contributed by atoms with E-state index >= 15 is 0 Å². The zero-order valence-electron chi connectivity index (χ0n) is 8.64. The average molecular weight is 170 g/mol. The van der Waals surface area contributed by atoms with Crippen LogP contribution < -0.4 is 5.73 Å². The van der Waals surface area contributed by atoms with Crippen molar-refractivity contribution in [3.8, 4) is 0 Å². The summed E-state index contributed by atoms with van der Waals surface area (Å²) in [5.74, 6) is 0. The smallest absolute Gasteiger partial charge is 0.0260 e. The van der Waals surface area contributed by atoms with Gasteiger partial charge in [-0.1, -0.05) is 26.0 Å². The number of hydrogen-bond acceptors (Lipinski definition) is 2. The summed E-state index contributed by atoms with van der Waals surface area (Å²) in [7, 11) is 0. The Hall–Kier alpha value is -0.340. The Morgan fingerprint density at radius 1 is 1.42 bits per heavy atom. The summed E-state index contributed by atoms with van der Waals surface area (Å²) in [4.78, 5) is 2.38. The molecule has 0 saturated heterocycles. The molecule has 72 valence electrons. The molecule has 0 radical (unpaired) electrons. The molecule has 0 aliphatic heterocycles. The highest BCUT2D eigenvalue weighted by Gasteiger charge is 2.05. The molecule has 0 saturated carbocycles. The second kappa shape index (κ2) is 6.21. The molecule has 0 aliphatic rings. The summed E-state index contributed by atoms with van der Waals surface area (Å²) in [5, 5.41) is 0. The van der Waals surface area contributed by atoms with E-state index in [1.165, 1.54) is 0 Å². The van der Waals surface area contributed by atoms with E-state index in [0.29, 0.717) is 0 Å². The normalized spacial score (nSPS) is 13.4. The van der Waals surface area contributed by atoms with Gasteiger partial charge in [-0.15, -0.1) is 0 Å². The van der Waals surface area contributed by atoms with Crippen molar-refractivity contribution in [2.75, 3.05) is 19.6 Å². The zero-order valence-corrected chi connectivity index (χ0v) is 8.64. The Morgan fingerprint density at radius 3 is 2.25 bits per heavy atom. The maximum Gasteiger partial charge on any atom is 0.0260 e. The van der Waals surface area contributed by atoms with Gasteiger partial charge < -0.3 is 10.6 Å². The maximum atomic E-state index is 5.85. The molecule has 2 N–H and O–H groups in total.